The number of hydrogen-bond donors (Lipinski definition) is 0. The van der Waals surface area contributed by atoms with Crippen LogP contribution in [-0.2, 0) is 9.53 Å². The Labute approximate surface area is 158 Å². The Hall–Kier alpha value is -1.83. The van der Waals surface area contributed by atoms with Gasteiger partial charge in [-0.2, -0.15) is 0 Å². The molecule has 0 aliphatic carbocycles. The van der Waals surface area contributed by atoms with Crippen LogP contribution in [0, 0.1) is 0 Å². The third kappa shape index (κ3) is 4.47. The van der Waals surface area contributed by atoms with Gasteiger partial charge in [-0.15, -0.1) is 0 Å². The Balaban J connectivity index is 1.67. The Bertz CT molecular complexity index is 699. The van der Waals surface area contributed by atoms with E-state index in [9.17, 15) is 9.59 Å². The maximum Gasteiger partial charge on any atom is 0.293 e. The van der Waals surface area contributed by atoms with E-state index in [1.54, 1.807) is 6.08 Å². The summed E-state index contributed by atoms with van der Waals surface area (Å²) in [6.07, 6.45) is 1.75. The van der Waals surface area contributed by atoms with Crippen molar-refractivity contribution in [3.8, 4) is 5.75 Å². The predicted molar refractivity (Wildman–Crippen MR) is 102 cm³/mol. The van der Waals surface area contributed by atoms with Crippen LogP contribution in [0.25, 0.3) is 6.08 Å². The van der Waals surface area contributed by atoms with E-state index in [2.05, 4.69) is 4.90 Å². The molecular weight excluding hydrogens is 352 g/mol. The zero-order chi connectivity index (χ0) is 18.5. The molecule has 7 heteroatoms. The number of morpholine rings is 1. The number of nitrogens with zero attached hydrogens (tertiary/aromatic N) is 2. The van der Waals surface area contributed by atoms with Crippen molar-refractivity contribution in [2.24, 2.45) is 0 Å². The Morgan fingerprint density at radius 2 is 1.96 bits per heavy atom. The number of ether oxygens (including phenoxy) is 2. The summed E-state index contributed by atoms with van der Waals surface area (Å²) < 4.78 is 11.3. The first kappa shape index (κ1) is 18.9. The largest absolute Gasteiger partial charge is 0.492 e. The fourth-order valence-corrected chi connectivity index (χ4v) is 3.86. The minimum absolute atomic E-state index is 0.145. The molecule has 26 heavy (non-hydrogen) atoms. The van der Waals surface area contributed by atoms with Crippen molar-refractivity contribution in [3.05, 3.63) is 34.7 Å². The lowest BCUT2D eigenvalue weighted by Crippen LogP contribution is -2.38. The maximum atomic E-state index is 12.5. The minimum atomic E-state index is -0.238. The summed E-state index contributed by atoms with van der Waals surface area (Å²) >= 11 is 0.981. The number of para-hydroxylation sites is 1. The van der Waals surface area contributed by atoms with E-state index in [1.165, 1.54) is 4.90 Å². The van der Waals surface area contributed by atoms with Crippen molar-refractivity contribution < 1.29 is 19.1 Å². The van der Waals surface area contributed by atoms with Crippen LogP contribution >= 0.6 is 11.8 Å². The van der Waals surface area contributed by atoms with Gasteiger partial charge in [-0.1, -0.05) is 18.2 Å². The van der Waals surface area contributed by atoms with Crippen molar-refractivity contribution in [2.75, 3.05) is 39.5 Å². The zero-order valence-corrected chi connectivity index (χ0v) is 16.0. The maximum absolute atomic E-state index is 12.5. The Morgan fingerprint density at radius 1 is 1.23 bits per heavy atom. The van der Waals surface area contributed by atoms with Gasteiger partial charge in [-0.3, -0.25) is 19.4 Å². The highest BCUT2D eigenvalue weighted by molar-refractivity contribution is 8.18. The molecule has 0 unspecified atom stereocenters. The van der Waals surface area contributed by atoms with E-state index < -0.39 is 0 Å². The van der Waals surface area contributed by atoms with E-state index in [1.807, 2.05) is 38.1 Å². The van der Waals surface area contributed by atoms with Crippen LogP contribution in [-0.4, -0.2) is 66.4 Å². The molecule has 1 aromatic carbocycles. The van der Waals surface area contributed by atoms with Crippen LogP contribution in [0.3, 0.4) is 0 Å². The predicted octanol–water partition coefficient (Wildman–Crippen LogP) is 2.84. The van der Waals surface area contributed by atoms with Gasteiger partial charge < -0.3 is 9.47 Å². The first-order valence-corrected chi connectivity index (χ1v) is 9.67. The van der Waals surface area contributed by atoms with Gasteiger partial charge >= 0.3 is 0 Å². The Kier molecular flexibility index (Phi) is 6.34. The smallest absolute Gasteiger partial charge is 0.293 e. The SMILES string of the molecule is CC(C)N1C(=O)S/C(=C\c2ccccc2OCCN2CCOCC2)C1=O. The summed E-state index contributed by atoms with van der Waals surface area (Å²) in [4.78, 5) is 28.5. The molecule has 0 aromatic heterocycles. The lowest BCUT2D eigenvalue weighted by Gasteiger charge is -2.26. The second kappa shape index (κ2) is 8.70. The molecule has 0 saturated carbocycles. The number of carbonyl (C=O) groups excluding carboxylic acids is 2. The summed E-state index contributed by atoms with van der Waals surface area (Å²) in [6.45, 7) is 8.45. The number of thioether (sulfide) groups is 1. The number of hydrogen-bond acceptors (Lipinski definition) is 6. The van der Waals surface area contributed by atoms with E-state index in [4.69, 9.17) is 9.47 Å². The van der Waals surface area contributed by atoms with Crippen molar-refractivity contribution in [1.82, 2.24) is 9.80 Å². The summed E-state index contributed by atoms with van der Waals surface area (Å²) in [5.41, 5.74) is 0.809. The van der Waals surface area contributed by atoms with Crippen LogP contribution in [0.2, 0.25) is 0 Å². The summed E-state index contributed by atoms with van der Waals surface area (Å²) in [5, 5.41) is -0.220. The zero-order valence-electron chi connectivity index (χ0n) is 15.1. The molecule has 2 aliphatic heterocycles. The number of rotatable bonds is 6. The van der Waals surface area contributed by atoms with E-state index in [0.29, 0.717) is 11.5 Å². The normalized spacial score (nSPS) is 20.4. The first-order valence-electron chi connectivity index (χ1n) is 8.85. The molecule has 2 amide bonds. The van der Waals surface area contributed by atoms with Crippen molar-refractivity contribution in [2.45, 2.75) is 19.9 Å². The number of carbonyl (C=O) groups is 2. The molecule has 3 rings (SSSR count). The van der Waals surface area contributed by atoms with Crippen LogP contribution in [0.1, 0.15) is 19.4 Å². The van der Waals surface area contributed by atoms with Gasteiger partial charge in [-0.25, -0.2) is 0 Å². The van der Waals surface area contributed by atoms with Crippen LogP contribution in [0.15, 0.2) is 29.2 Å². The van der Waals surface area contributed by atoms with E-state index in [0.717, 1.165) is 55.9 Å². The van der Waals surface area contributed by atoms with Gasteiger partial charge in [0.05, 0.1) is 18.1 Å². The highest BCUT2D eigenvalue weighted by Crippen LogP contribution is 2.34. The molecule has 140 valence electrons. The van der Waals surface area contributed by atoms with Gasteiger partial charge in [0.1, 0.15) is 12.4 Å². The van der Waals surface area contributed by atoms with E-state index >= 15 is 0 Å². The fourth-order valence-electron chi connectivity index (χ4n) is 2.91. The van der Waals surface area contributed by atoms with Crippen molar-refractivity contribution >= 4 is 29.0 Å². The summed E-state index contributed by atoms with van der Waals surface area (Å²) in [5.74, 6) is 0.482. The lowest BCUT2D eigenvalue weighted by atomic mass is 10.2. The molecule has 1 aromatic rings. The van der Waals surface area contributed by atoms with Crippen LogP contribution < -0.4 is 4.74 Å². The van der Waals surface area contributed by atoms with Crippen molar-refractivity contribution in [3.63, 3.8) is 0 Å². The first-order chi connectivity index (χ1) is 12.6. The molecule has 0 bridgehead atoms. The minimum Gasteiger partial charge on any atom is -0.492 e. The summed E-state index contributed by atoms with van der Waals surface area (Å²) in [6, 6.07) is 7.44. The quantitative estimate of drug-likeness (QED) is 0.712. The molecule has 0 spiro atoms. The molecule has 0 N–H and O–H groups in total. The third-order valence-corrected chi connectivity index (χ3v) is 5.20. The van der Waals surface area contributed by atoms with Crippen LogP contribution in [0.5, 0.6) is 5.75 Å². The lowest BCUT2D eigenvalue weighted by molar-refractivity contribution is -0.123. The second-order valence-corrected chi connectivity index (χ2v) is 7.48. The van der Waals surface area contributed by atoms with Gasteiger partial charge in [-0.05, 0) is 37.8 Å². The molecule has 2 aliphatic rings. The second-order valence-electron chi connectivity index (χ2n) is 6.49. The number of amides is 2. The summed E-state index contributed by atoms with van der Waals surface area (Å²) in [7, 11) is 0. The number of imide groups is 1. The van der Waals surface area contributed by atoms with E-state index in [-0.39, 0.29) is 17.2 Å². The Morgan fingerprint density at radius 3 is 2.65 bits per heavy atom. The standard InChI is InChI=1S/C19H24N2O4S/c1-14(2)21-18(22)17(26-19(21)23)13-15-5-3-4-6-16(15)25-12-9-20-7-10-24-11-8-20/h3-6,13-14H,7-12H2,1-2H3/b17-13-. The van der Waals surface area contributed by atoms with Gasteiger partial charge in [0.2, 0.25) is 0 Å². The van der Waals surface area contributed by atoms with Crippen LogP contribution in [0.4, 0.5) is 4.79 Å². The average molecular weight is 376 g/mol. The van der Waals surface area contributed by atoms with Gasteiger partial charge in [0.25, 0.3) is 11.1 Å². The molecule has 2 heterocycles. The molecule has 2 saturated heterocycles. The molecular formula is C19H24N2O4S. The highest BCUT2D eigenvalue weighted by atomic mass is 32.2. The number of benzene rings is 1. The van der Waals surface area contributed by atoms with Gasteiger partial charge in [0, 0.05) is 31.2 Å². The van der Waals surface area contributed by atoms with Crippen molar-refractivity contribution in [1.29, 1.82) is 0 Å². The average Bonchev–Trinajstić information content (AvgIpc) is 2.91. The topological polar surface area (TPSA) is 59.1 Å². The molecule has 6 nitrogen and oxygen atoms in total. The molecule has 0 atom stereocenters. The molecule has 0 radical (unpaired) electrons. The monoisotopic (exact) mass is 376 g/mol. The fraction of sp³-hybridized carbons (Fsp3) is 0.474. The molecule has 2 fully saturated rings. The highest BCUT2D eigenvalue weighted by Gasteiger charge is 2.36. The third-order valence-electron chi connectivity index (χ3n) is 4.31. The van der Waals surface area contributed by atoms with Gasteiger partial charge in [0.15, 0.2) is 0 Å².